The van der Waals surface area contributed by atoms with E-state index in [0.717, 1.165) is 10.6 Å². The van der Waals surface area contributed by atoms with Crippen LogP contribution >= 0.6 is 0 Å². The maximum Gasteiger partial charge on any atom is 0.342 e. The normalized spacial score (nSPS) is 11.3. The van der Waals surface area contributed by atoms with Crippen molar-refractivity contribution in [3.63, 3.8) is 0 Å². The zero-order chi connectivity index (χ0) is 16.5. The molecule has 0 atom stereocenters. The molecule has 0 unspecified atom stereocenters. The molecule has 1 heterocycles. The number of carbonyl (C=O) groups is 2. The van der Waals surface area contributed by atoms with Gasteiger partial charge in [-0.15, -0.1) is 0 Å². The first kappa shape index (κ1) is 15.8. The number of aldehydes is 1. The molecule has 7 heteroatoms. The van der Waals surface area contributed by atoms with Crippen LogP contribution in [0.2, 0.25) is 0 Å². The molecular weight excluding hydrogens is 297 g/mol. The minimum Gasteiger partial charge on any atom is -0.348 e. The van der Waals surface area contributed by atoms with Crippen molar-refractivity contribution in [2.24, 2.45) is 7.05 Å². The Labute approximate surface area is 124 Å². The number of halogens is 3. The molecule has 1 N–H and O–H groups in total. The highest BCUT2D eigenvalue weighted by Crippen LogP contribution is 2.27. The van der Waals surface area contributed by atoms with E-state index in [9.17, 15) is 22.8 Å². The Morgan fingerprint density at radius 2 is 2.00 bits per heavy atom. The van der Waals surface area contributed by atoms with Crippen LogP contribution in [-0.4, -0.2) is 16.8 Å². The second-order valence-electron chi connectivity index (χ2n) is 4.88. The predicted octanol–water partition coefficient (Wildman–Crippen LogP) is 3.02. The summed E-state index contributed by atoms with van der Waals surface area (Å²) in [5.41, 5.74) is 0.0828. The van der Waals surface area contributed by atoms with E-state index in [1.807, 2.05) is 0 Å². The molecule has 1 amide bonds. The molecule has 4 nitrogen and oxygen atoms in total. The topological polar surface area (TPSA) is 51.1 Å². The molecule has 0 spiro atoms. The summed E-state index contributed by atoms with van der Waals surface area (Å²) < 4.78 is 40.9. The number of carbonyl (C=O) groups excluding carboxylic acids is 2. The van der Waals surface area contributed by atoms with Crippen molar-refractivity contribution in [3.8, 4) is 0 Å². The number of anilines is 1. The van der Waals surface area contributed by atoms with Gasteiger partial charge in [0.1, 0.15) is 5.82 Å². The highest BCUT2D eigenvalue weighted by Gasteiger charge is 2.34. The van der Waals surface area contributed by atoms with Crippen molar-refractivity contribution in [3.05, 3.63) is 53.1 Å². The van der Waals surface area contributed by atoms with E-state index >= 15 is 0 Å². The molecule has 0 saturated heterocycles. The lowest BCUT2D eigenvalue weighted by Crippen LogP contribution is -2.18. The largest absolute Gasteiger partial charge is 0.348 e. The van der Waals surface area contributed by atoms with Crippen LogP contribution in [0.25, 0.3) is 0 Å². The minimum atomic E-state index is -3.67. The predicted molar refractivity (Wildman–Crippen MR) is 74.5 cm³/mol. The number of hydrogen-bond donors (Lipinski definition) is 1. The van der Waals surface area contributed by atoms with Crippen molar-refractivity contribution in [1.29, 1.82) is 0 Å². The van der Waals surface area contributed by atoms with Gasteiger partial charge in [0.15, 0.2) is 6.29 Å². The second-order valence-corrected chi connectivity index (χ2v) is 4.88. The maximum atomic E-state index is 13.4. The summed E-state index contributed by atoms with van der Waals surface area (Å²) in [6, 6.07) is 4.93. The molecule has 0 bridgehead atoms. The molecule has 0 aliphatic carbocycles. The maximum absolute atomic E-state index is 13.4. The third-order valence-electron chi connectivity index (χ3n) is 3.17. The van der Waals surface area contributed by atoms with Crippen LogP contribution in [0.3, 0.4) is 0 Å². The van der Waals surface area contributed by atoms with Crippen molar-refractivity contribution in [2.45, 2.75) is 12.8 Å². The Bertz CT molecular complexity index is 738. The van der Waals surface area contributed by atoms with Crippen LogP contribution in [0, 0.1) is 12.7 Å². The van der Waals surface area contributed by atoms with Crippen molar-refractivity contribution >= 4 is 17.9 Å². The first-order valence-corrected chi connectivity index (χ1v) is 6.33. The third-order valence-corrected chi connectivity index (χ3v) is 3.17. The SMILES string of the molecule is Cc1cc(NC(=O)c2cc(C(F)(F)C=O)n(C)c2)ccc1F. The summed E-state index contributed by atoms with van der Waals surface area (Å²) in [5.74, 6) is -4.71. The van der Waals surface area contributed by atoms with Crippen LogP contribution in [0.4, 0.5) is 18.9 Å². The number of rotatable bonds is 4. The van der Waals surface area contributed by atoms with Crippen LogP contribution in [0.1, 0.15) is 21.6 Å². The fourth-order valence-corrected chi connectivity index (χ4v) is 2.01. The van der Waals surface area contributed by atoms with E-state index in [1.165, 1.54) is 38.4 Å². The molecule has 0 fully saturated rings. The van der Waals surface area contributed by atoms with Gasteiger partial charge in [-0.2, -0.15) is 8.78 Å². The molecule has 116 valence electrons. The van der Waals surface area contributed by atoms with Gasteiger partial charge < -0.3 is 9.88 Å². The van der Waals surface area contributed by atoms with E-state index in [4.69, 9.17) is 0 Å². The lowest BCUT2D eigenvalue weighted by molar-refractivity contribution is -0.131. The number of nitrogens with zero attached hydrogens (tertiary/aromatic N) is 1. The monoisotopic (exact) mass is 310 g/mol. The smallest absolute Gasteiger partial charge is 0.342 e. The number of aryl methyl sites for hydroxylation is 2. The van der Waals surface area contributed by atoms with E-state index in [0.29, 0.717) is 11.3 Å². The zero-order valence-electron chi connectivity index (χ0n) is 11.9. The zero-order valence-corrected chi connectivity index (χ0v) is 11.9. The summed E-state index contributed by atoms with van der Waals surface area (Å²) in [4.78, 5) is 22.5. The van der Waals surface area contributed by atoms with Crippen LogP contribution in [0.5, 0.6) is 0 Å². The summed E-state index contributed by atoms with van der Waals surface area (Å²) in [7, 11) is 1.31. The van der Waals surface area contributed by atoms with Gasteiger partial charge in [-0.1, -0.05) is 0 Å². The van der Waals surface area contributed by atoms with Gasteiger partial charge >= 0.3 is 5.92 Å². The van der Waals surface area contributed by atoms with Crippen molar-refractivity contribution in [2.75, 3.05) is 5.32 Å². The molecule has 1 aromatic heterocycles. The molecule has 1 aromatic carbocycles. The summed E-state index contributed by atoms with van der Waals surface area (Å²) in [5, 5.41) is 2.48. The molecule has 2 aromatic rings. The average Bonchev–Trinajstić information content (AvgIpc) is 2.86. The van der Waals surface area contributed by atoms with Crippen LogP contribution in [-0.2, 0) is 17.8 Å². The highest BCUT2D eigenvalue weighted by atomic mass is 19.3. The van der Waals surface area contributed by atoms with Crippen LogP contribution < -0.4 is 5.32 Å². The fourth-order valence-electron chi connectivity index (χ4n) is 2.01. The van der Waals surface area contributed by atoms with Gasteiger partial charge in [0.05, 0.1) is 11.3 Å². The third kappa shape index (κ3) is 3.03. The molecule has 2 rings (SSSR count). The quantitative estimate of drug-likeness (QED) is 0.883. The van der Waals surface area contributed by atoms with Gasteiger partial charge in [-0.05, 0) is 36.8 Å². The Morgan fingerprint density at radius 1 is 1.32 bits per heavy atom. The summed E-state index contributed by atoms with van der Waals surface area (Å²) >= 11 is 0. The highest BCUT2D eigenvalue weighted by molar-refractivity contribution is 6.04. The standard InChI is InChI=1S/C15H13F3N2O2/c1-9-5-11(3-4-12(9)16)19-14(22)10-6-13(20(2)7-10)15(17,18)8-21/h3-8H,1-2H3,(H,19,22). The van der Waals surface area contributed by atoms with Crippen molar-refractivity contribution in [1.82, 2.24) is 4.57 Å². The minimum absolute atomic E-state index is 0.0268. The second kappa shape index (κ2) is 5.67. The number of nitrogens with one attached hydrogen (secondary N) is 1. The number of aromatic nitrogens is 1. The van der Waals surface area contributed by atoms with Crippen molar-refractivity contribution < 1.29 is 22.8 Å². The van der Waals surface area contributed by atoms with Gasteiger partial charge in [-0.3, -0.25) is 9.59 Å². The van der Waals surface area contributed by atoms with Gasteiger partial charge in [0.2, 0.25) is 0 Å². The summed E-state index contributed by atoms with van der Waals surface area (Å²) in [6.45, 7) is 1.54. The fraction of sp³-hybridized carbons (Fsp3) is 0.200. The molecular formula is C15H13F3N2O2. The van der Waals surface area contributed by atoms with Gasteiger partial charge in [0, 0.05) is 18.9 Å². The molecule has 0 saturated carbocycles. The lowest BCUT2D eigenvalue weighted by atomic mass is 10.2. The Morgan fingerprint density at radius 3 is 2.59 bits per heavy atom. The van der Waals surface area contributed by atoms with Gasteiger partial charge in [-0.25, -0.2) is 4.39 Å². The number of amides is 1. The Kier molecular flexibility index (Phi) is 4.07. The molecule has 0 aliphatic rings. The van der Waals surface area contributed by atoms with Gasteiger partial charge in [0.25, 0.3) is 5.91 Å². The van der Waals surface area contributed by atoms with E-state index in [2.05, 4.69) is 5.32 Å². The number of benzene rings is 1. The molecule has 0 radical (unpaired) electrons. The Hall–Kier alpha value is -2.57. The van der Waals surface area contributed by atoms with Crippen LogP contribution in [0.15, 0.2) is 30.5 Å². The number of alkyl halides is 2. The van der Waals surface area contributed by atoms with E-state index in [-0.39, 0.29) is 5.56 Å². The number of hydrogen-bond acceptors (Lipinski definition) is 2. The molecule has 0 aliphatic heterocycles. The molecule has 22 heavy (non-hydrogen) atoms. The summed E-state index contributed by atoms with van der Waals surface area (Å²) in [6.07, 6.45) is 0.714. The van der Waals surface area contributed by atoms with E-state index < -0.39 is 29.6 Å². The Balaban J connectivity index is 2.25. The first-order chi connectivity index (χ1) is 10.2. The average molecular weight is 310 g/mol. The first-order valence-electron chi connectivity index (χ1n) is 6.33. The lowest BCUT2D eigenvalue weighted by Gasteiger charge is -2.08. The van der Waals surface area contributed by atoms with E-state index in [1.54, 1.807) is 0 Å².